The van der Waals surface area contributed by atoms with Crippen molar-refractivity contribution in [2.75, 3.05) is 31.0 Å². The molecule has 0 atom stereocenters. The molecule has 1 fully saturated rings. The number of benzene rings is 1. The minimum absolute atomic E-state index is 0.156. The minimum Gasteiger partial charge on any atom is -0.497 e. The number of nitrogens with one attached hydrogen (secondary N) is 2. The molecule has 3 heterocycles. The third-order valence-corrected chi connectivity index (χ3v) is 4.91. The normalized spacial score (nSPS) is 14.6. The lowest BCUT2D eigenvalue weighted by Crippen LogP contribution is -2.21. The second-order valence-electron chi connectivity index (χ2n) is 6.78. The molecule has 150 valence electrons. The monoisotopic (exact) mass is 396 g/mol. The van der Waals surface area contributed by atoms with Crippen molar-refractivity contribution >= 4 is 28.4 Å². The first-order valence-electron chi connectivity index (χ1n) is 9.39. The van der Waals surface area contributed by atoms with E-state index in [9.17, 15) is 9.18 Å². The summed E-state index contributed by atoms with van der Waals surface area (Å²) in [5, 5.41) is 5.93. The number of urea groups is 1. The van der Waals surface area contributed by atoms with Crippen molar-refractivity contribution in [3.8, 4) is 5.75 Å². The number of amides is 2. The number of methoxy groups -OCH3 is 1. The molecule has 1 aromatic carbocycles. The summed E-state index contributed by atoms with van der Waals surface area (Å²) in [5.74, 6) is 0.605. The molecule has 8 heteroatoms. The Hall–Kier alpha value is -3.26. The Kier molecular flexibility index (Phi) is 5.53. The molecule has 3 aromatic rings. The fraction of sp³-hybridized carbons (Fsp3) is 0.286. The van der Waals surface area contributed by atoms with Gasteiger partial charge in [0, 0.05) is 42.5 Å². The maximum absolute atomic E-state index is 14.2. The lowest BCUT2D eigenvalue weighted by Gasteiger charge is -2.21. The predicted molar refractivity (Wildman–Crippen MR) is 108 cm³/mol. The standard InChI is InChI=1S/C21H21FN4O3/c1-28-14-11-15-18(5-8-23-20(15)16(22)12-14)25-21(27)26-19-4-2-3-17(24-19)13-6-9-29-10-7-13/h2-5,8,11-13H,6-7,9-10H2,1H3,(H2,23,24,25,26,27). The van der Waals surface area contributed by atoms with Crippen LogP contribution in [0, 0.1) is 5.82 Å². The van der Waals surface area contributed by atoms with Gasteiger partial charge in [-0.2, -0.15) is 0 Å². The molecule has 29 heavy (non-hydrogen) atoms. The average Bonchev–Trinajstić information content (AvgIpc) is 2.75. The van der Waals surface area contributed by atoms with Gasteiger partial charge in [0.15, 0.2) is 5.82 Å². The van der Waals surface area contributed by atoms with Gasteiger partial charge in [-0.1, -0.05) is 6.07 Å². The van der Waals surface area contributed by atoms with Crippen molar-refractivity contribution in [1.82, 2.24) is 9.97 Å². The summed E-state index contributed by atoms with van der Waals surface area (Å²) in [6.45, 7) is 1.44. The second-order valence-corrected chi connectivity index (χ2v) is 6.78. The van der Waals surface area contributed by atoms with Crippen molar-refractivity contribution in [1.29, 1.82) is 0 Å². The predicted octanol–water partition coefficient (Wildman–Crippen LogP) is 4.32. The van der Waals surface area contributed by atoms with Gasteiger partial charge >= 0.3 is 6.03 Å². The highest BCUT2D eigenvalue weighted by atomic mass is 19.1. The van der Waals surface area contributed by atoms with Gasteiger partial charge in [0.2, 0.25) is 0 Å². The summed E-state index contributed by atoms with van der Waals surface area (Å²) in [6.07, 6.45) is 3.27. The first kappa shape index (κ1) is 19.1. The molecule has 0 aliphatic carbocycles. The molecule has 1 aliphatic heterocycles. The molecule has 0 bridgehead atoms. The highest BCUT2D eigenvalue weighted by molar-refractivity contribution is 6.05. The van der Waals surface area contributed by atoms with Crippen LogP contribution in [0.25, 0.3) is 10.9 Å². The molecule has 0 saturated carbocycles. The number of pyridine rings is 2. The number of carbonyl (C=O) groups excluding carboxylic acids is 1. The zero-order valence-corrected chi connectivity index (χ0v) is 15.9. The zero-order chi connectivity index (χ0) is 20.2. The van der Waals surface area contributed by atoms with Crippen molar-refractivity contribution in [3.63, 3.8) is 0 Å². The van der Waals surface area contributed by atoms with Crippen LogP contribution in [-0.4, -0.2) is 36.3 Å². The first-order valence-corrected chi connectivity index (χ1v) is 9.39. The Morgan fingerprint density at radius 1 is 1.21 bits per heavy atom. The Morgan fingerprint density at radius 3 is 2.83 bits per heavy atom. The number of fused-ring (bicyclic) bond motifs is 1. The van der Waals surface area contributed by atoms with E-state index in [2.05, 4.69) is 20.6 Å². The van der Waals surface area contributed by atoms with E-state index in [0.29, 0.717) is 28.6 Å². The van der Waals surface area contributed by atoms with Crippen molar-refractivity contribution in [2.45, 2.75) is 18.8 Å². The molecule has 7 nitrogen and oxygen atoms in total. The Morgan fingerprint density at radius 2 is 2.03 bits per heavy atom. The van der Waals surface area contributed by atoms with Gasteiger partial charge in [0.25, 0.3) is 0 Å². The van der Waals surface area contributed by atoms with Gasteiger partial charge in [0.1, 0.15) is 17.1 Å². The van der Waals surface area contributed by atoms with Crippen LogP contribution in [0.15, 0.2) is 42.6 Å². The van der Waals surface area contributed by atoms with Crippen molar-refractivity contribution in [3.05, 3.63) is 54.1 Å². The van der Waals surface area contributed by atoms with Gasteiger partial charge in [-0.3, -0.25) is 10.3 Å². The number of ether oxygens (including phenoxy) is 2. The van der Waals surface area contributed by atoms with Crippen LogP contribution in [0.4, 0.5) is 20.7 Å². The average molecular weight is 396 g/mol. The maximum atomic E-state index is 14.2. The van der Waals surface area contributed by atoms with E-state index >= 15 is 0 Å². The molecule has 2 amide bonds. The van der Waals surface area contributed by atoms with Gasteiger partial charge < -0.3 is 14.8 Å². The summed E-state index contributed by atoms with van der Waals surface area (Å²) in [4.78, 5) is 21.1. The quantitative estimate of drug-likeness (QED) is 0.686. The number of anilines is 2. The van der Waals surface area contributed by atoms with E-state index in [1.807, 2.05) is 12.1 Å². The van der Waals surface area contributed by atoms with Crippen LogP contribution in [-0.2, 0) is 4.74 Å². The lowest BCUT2D eigenvalue weighted by molar-refractivity contribution is 0.0845. The molecule has 0 radical (unpaired) electrons. The molecule has 0 unspecified atom stereocenters. The fourth-order valence-corrected chi connectivity index (χ4v) is 3.43. The zero-order valence-electron chi connectivity index (χ0n) is 15.9. The number of halogens is 1. The molecule has 4 rings (SSSR count). The molecule has 1 saturated heterocycles. The topological polar surface area (TPSA) is 85.4 Å². The lowest BCUT2D eigenvalue weighted by atomic mass is 9.96. The fourth-order valence-electron chi connectivity index (χ4n) is 3.43. The summed E-state index contributed by atoms with van der Waals surface area (Å²) in [5.41, 5.74) is 1.52. The van der Waals surface area contributed by atoms with Gasteiger partial charge in [-0.25, -0.2) is 14.2 Å². The van der Waals surface area contributed by atoms with Gasteiger partial charge in [-0.15, -0.1) is 0 Å². The van der Waals surface area contributed by atoms with E-state index in [0.717, 1.165) is 31.7 Å². The summed E-state index contributed by atoms with van der Waals surface area (Å²) >= 11 is 0. The molecular formula is C21H21FN4O3. The summed E-state index contributed by atoms with van der Waals surface area (Å²) in [6, 6.07) is 9.58. The number of hydrogen-bond acceptors (Lipinski definition) is 5. The second kappa shape index (κ2) is 8.40. The number of rotatable bonds is 4. The summed E-state index contributed by atoms with van der Waals surface area (Å²) in [7, 11) is 1.45. The minimum atomic E-state index is -0.519. The maximum Gasteiger partial charge on any atom is 0.324 e. The van der Waals surface area contributed by atoms with Gasteiger partial charge in [-0.05, 0) is 37.1 Å². The number of hydrogen-bond donors (Lipinski definition) is 2. The Balaban J connectivity index is 1.52. The van der Waals surface area contributed by atoms with E-state index in [1.165, 1.54) is 19.4 Å². The van der Waals surface area contributed by atoms with Crippen LogP contribution < -0.4 is 15.4 Å². The van der Waals surface area contributed by atoms with E-state index in [-0.39, 0.29) is 5.52 Å². The molecule has 0 spiro atoms. The number of carbonyl (C=O) groups is 1. The molecule has 1 aliphatic rings. The Labute approximate surface area is 167 Å². The SMILES string of the molecule is COc1cc(F)c2nccc(NC(=O)Nc3cccc(C4CCOCC4)n3)c2c1. The largest absolute Gasteiger partial charge is 0.497 e. The molecular weight excluding hydrogens is 375 g/mol. The smallest absolute Gasteiger partial charge is 0.324 e. The van der Waals surface area contributed by atoms with Crippen molar-refractivity contribution < 1.29 is 18.7 Å². The van der Waals surface area contributed by atoms with Gasteiger partial charge in [0.05, 0.1) is 12.8 Å². The van der Waals surface area contributed by atoms with Crippen molar-refractivity contribution in [2.24, 2.45) is 0 Å². The van der Waals surface area contributed by atoms with Crippen LogP contribution >= 0.6 is 0 Å². The van der Waals surface area contributed by atoms with Crippen LogP contribution in [0.5, 0.6) is 5.75 Å². The highest BCUT2D eigenvalue weighted by Gasteiger charge is 2.18. The third kappa shape index (κ3) is 4.27. The number of aromatic nitrogens is 2. The number of nitrogens with zero attached hydrogens (tertiary/aromatic N) is 2. The highest BCUT2D eigenvalue weighted by Crippen LogP contribution is 2.29. The van der Waals surface area contributed by atoms with E-state index in [4.69, 9.17) is 9.47 Å². The van der Waals surface area contributed by atoms with E-state index < -0.39 is 11.8 Å². The van der Waals surface area contributed by atoms with Crippen LogP contribution in [0.1, 0.15) is 24.5 Å². The first-order chi connectivity index (χ1) is 14.1. The van der Waals surface area contributed by atoms with Crippen LogP contribution in [0.3, 0.4) is 0 Å². The van der Waals surface area contributed by atoms with Crippen LogP contribution in [0.2, 0.25) is 0 Å². The molecule has 2 aromatic heterocycles. The third-order valence-electron chi connectivity index (χ3n) is 4.91. The van der Waals surface area contributed by atoms with E-state index in [1.54, 1.807) is 18.2 Å². The Bertz CT molecular complexity index is 1040. The molecule has 2 N–H and O–H groups in total. The summed E-state index contributed by atoms with van der Waals surface area (Å²) < 4.78 is 24.7.